The first-order valence-corrected chi connectivity index (χ1v) is 8.08. The van der Waals surface area contributed by atoms with Crippen molar-refractivity contribution in [2.75, 3.05) is 6.61 Å². The van der Waals surface area contributed by atoms with E-state index in [0.29, 0.717) is 0 Å². The number of aliphatic hydroxyl groups is 5. The molecule has 0 radical (unpaired) electrons. The fraction of sp³-hybridized carbons (Fsp3) is 0.556. The normalized spacial score (nSPS) is 17.8. The summed E-state index contributed by atoms with van der Waals surface area (Å²) >= 11 is 0. The van der Waals surface area contributed by atoms with Gasteiger partial charge in [0.1, 0.15) is 24.4 Å². The number of aryl methyl sites for hydroxylation is 1. The van der Waals surface area contributed by atoms with E-state index < -0.39 is 37.1 Å². The summed E-state index contributed by atoms with van der Waals surface area (Å²) < 4.78 is 5.68. The predicted octanol–water partition coefficient (Wildman–Crippen LogP) is 0.146. The minimum atomic E-state index is -1.68. The van der Waals surface area contributed by atoms with Crippen LogP contribution < -0.4 is 0 Å². The van der Waals surface area contributed by atoms with Gasteiger partial charge in [0.05, 0.1) is 19.3 Å². The van der Waals surface area contributed by atoms with E-state index in [0.717, 1.165) is 12.0 Å². The molecule has 0 aromatic heterocycles. The molecule has 0 saturated carbocycles. The van der Waals surface area contributed by atoms with Crippen LogP contribution in [0.2, 0.25) is 0 Å². The highest BCUT2D eigenvalue weighted by Crippen LogP contribution is 2.16. The maximum Gasteiger partial charge on any atom is 0.111 e. The van der Waals surface area contributed by atoms with Crippen molar-refractivity contribution in [2.45, 2.75) is 56.9 Å². The van der Waals surface area contributed by atoms with Gasteiger partial charge in [-0.25, -0.2) is 0 Å². The lowest BCUT2D eigenvalue weighted by Gasteiger charge is -2.30. The van der Waals surface area contributed by atoms with E-state index in [9.17, 15) is 20.4 Å². The summed E-state index contributed by atoms with van der Waals surface area (Å²) in [6.45, 7) is 5.16. The van der Waals surface area contributed by atoms with Gasteiger partial charge in [-0.05, 0) is 24.0 Å². The lowest BCUT2D eigenvalue weighted by Crippen LogP contribution is -2.50. The molecule has 6 heteroatoms. The SMILES string of the molecule is C=CCC(OCc1cccc(CC)c1)C(O)C(O)C(O)C(O)CO. The second-order valence-electron chi connectivity index (χ2n) is 5.77. The van der Waals surface area contributed by atoms with Crippen LogP contribution in [-0.2, 0) is 17.8 Å². The molecule has 1 aromatic rings. The molecule has 0 fully saturated rings. The Morgan fingerprint density at radius 3 is 2.33 bits per heavy atom. The first-order valence-electron chi connectivity index (χ1n) is 8.08. The minimum absolute atomic E-state index is 0.231. The zero-order chi connectivity index (χ0) is 18.1. The molecule has 24 heavy (non-hydrogen) atoms. The minimum Gasteiger partial charge on any atom is -0.394 e. The lowest BCUT2D eigenvalue weighted by molar-refractivity contribution is -0.152. The van der Waals surface area contributed by atoms with E-state index in [2.05, 4.69) is 13.5 Å². The van der Waals surface area contributed by atoms with Gasteiger partial charge in [-0.15, -0.1) is 6.58 Å². The molecule has 0 heterocycles. The molecule has 136 valence electrons. The van der Waals surface area contributed by atoms with Crippen molar-refractivity contribution in [3.63, 3.8) is 0 Å². The number of aliphatic hydroxyl groups excluding tert-OH is 5. The maximum absolute atomic E-state index is 10.2. The Morgan fingerprint density at radius 1 is 1.08 bits per heavy atom. The van der Waals surface area contributed by atoms with Gasteiger partial charge < -0.3 is 30.3 Å². The zero-order valence-electron chi connectivity index (χ0n) is 14.0. The molecule has 0 spiro atoms. The smallest absolute Gasteiger partial charge is 0.111 e. The van der Waals surface area contributed by atoms with E-state index in [1.54, 1.807) is 0 Å². The third kappa shape index (κ3) is 5.98. The molecule has 6 nitrogen and oxygen atoms in total. The van der Waals surface area contributed by atoms with Gasteiger partial charge in [-0.1, -0.05) is 37.3 Å². The molecule has 1 rings (SSSR count). The van der Waals surface area contributed by atoms with Gasteiger partial charge in [0, 0.05) is 0 Å². The average molecular weight is 340 g/mol. The average Bonchev–Trinajstić information content (AvgIpc) is 2.62. The molecule has 1 aromatic carbocycles. The monoisotopic (exact) mass is 340 g/mol. The topological polar surface area (TPSA) is 110 Å². The summed E-state index contributed by atoms with van der Waals surface area (Å²) in [6, 6.07) is 7.83. The number of hydrogen-bond donors (Lipinski definition) is 5. The molecule has 5 unspecified atom stereocenters. The molecule has 0 aliphatic rings. The summed E-state index contributed by atoms with van der Waals surface area (Å²) in [7, 11) is 0. The van der Waals surface area contributed by atoms with Crippen molar-refractivity contribution in [3.05, 3.63) is 48.0 Å². The molecule has 5 N–H and O–H groups in total. The van der Waals surface area contributed by atoms with Gasteiger partial charge in [-0.3, -0.25) is 0 Å². The van der Waals surface area contributed by atoms with Crippen LogP contribution in [0.1, 0.15) is 24.5 Å². The van der Waals surface area contributed by atoms with Gasteiger partial charge in [0.25, 0.3) is 0 Å². The van der Waals surface area contributed by atoms with Crippen molar-refractivity contribution >= 4 is 0 Å². The fourth-order valence-electron chi connectivity index (χ4n) is 2.37. The summed E-state index contributed by atoms with van der Waals surface area (Å²) in [6.07, 6.45) is -4.41. The van der Waals surface area contributed by atoms with Crippen molar-refractivity contribution in [1.82, 2.24) is 0 Å². The van der Waals surface area contributed by atoms with Crippen molar-refractivity contribution < 1.29 is 30.3 Å². The van der Waals surface area contributed by atoms with Gasteiger partial charge in [0.2, 0.25) is 0 Å². The number of hydrogen-bond acceptors (Lipinski definition) is 6. The largest absolute Gasteiger partial charge is 0.394 e. The maximum atomic E-state index is 10.2. The van der Waals surface area contributed by atoms with Gasteiger partial charge >= 0.3 is 0 Å². The fourth-order valence-corrected chi connectivity index (χ4v) is 2.37. The Morgan fingerprint density at radius 2 is 1.75 bits per heavy atom. The van der Waals surface area contributed by atoms with Crippen molar-refractivity contribution in [1.29, 1.82) is 0 Å². The Kier molecular flexibility index (Phi) is 9.13. The van der Waals surface area contributed by atoms with Crippen LogP contribution in [0.3, 0.4) is 0 Å². The Balaban J connectivity index is 2.72. The Hall–Kier alpha value is -1.28. The number of benzene rings is 1. The van der Waals surface area contributed by atoms with E-state index in [-0.39, 0.29) is 13.0 Å². The highest BCUT2D eigenvalue weighted by atomic mass is 16.5. The van der Waals surface area contributed by atoms with E-state index >= 15 is 0 Å². The number of rotatable bonds is 11. The lowest BCUT2D eigenvalue weighted by atomic mass is 9.97. The van der Waals surface area contributed by atoms with Crippen LogP contribution in [0.15, 0.2) is 36.9 Å². The molecular formula is C18H28O6. The van der Waals surface area contributed by atoms with Gasteiger partial charge in [0.15, 0.2) is 0 Å². The van der Waals surface area contributed by atoms with Gasteiger partial charge in [-0.2, -0.15) is 0 Å². The summed E-state index contributed by atoms with van der Waals surface area (Å²) in [4.78, 5) is 0. The summed E-state index contributed by atoms with van der Waals surface area (Å²) in [5.41, 5.74) is 2.10. The van der Waals surface area contributed by atoms with Crippen LogP contribution in [0, 0.1) is 0 Å². The third-order valence-electron chi connectivity index (χ3n) is 3.92. The van der Waals surface area contributed by atoms with E-state index in [4.69, 9.17) is 9.84 Å². The second-order valence-corrected chi connectivity index (χ2v) is 5.77. The zero-order valence-corrected chi connectivity index (χ0v) is 14.0. The van der Waals surface area contributed by atoms with Crippen LogP contribution in [0.5, 0.6) is 0 Å². The molecule has 0 amide bonds. The van der Waals surface area contributed by atoms with E-state index in [1.807, 2.05) is 24.3 Å². The summed E-state index contributed by atoms with van der Waals surface area (Å²) in [5, 5.41) is 48.2. The van der Waals surface area contributed by atoms with Crippen LogP contribution in [0.25, 0.3) is 0 Å². The van der Waals surface area contributed by atoms with Crippen molar-refractivity contribution in [2.24, 2.45) is 0 Å². The molecular weight excluding hydrogens is 312 g/mol. The molecule has 0 aliphatic carbocycles. The summed E-state index contributed by atoms with van der Waals surface area (Å²) in [5.74, 6) is 0. The molecule has 0 saturated heterocycles. The third-order valence-corrected chi connectivity index (χ3v) is 3.92. The highest BCUT2D eigenvalue weighted by Gasteiger charge is 2.34. The van der Waals surface area contributed by atoms with Crippen LogP contribution >= 0.6 is 0 Å². The quantitative estimate of drug-likeness (QED) is 0.367. The highest BCUT2D eigenvalue weighted by molar-refractivity contribution is 5.22. The molecule has 5 atom stereocenters. The number of ether oxygens (including phenoxy) is 1. The van der Waals surface area contributed by atoms with Crippen molar-refractivity contribution in [3.8, 4) is 0 Å². The predicted molar refractivity (Wildman–Crippen MR) is 90.3 cm³/mol. The van der Waals surface area contributed by atoms with Crippen LogP contribution in [-0.4, -0.2) is 62.7 Å². The first kappa shape index (κ1) is 20.8. The molecule has 0 bridgehead atoms. The van der Waals surface area contributed by atoms with Crippen LogP contribution in [0.4, 0.5) is 0 Å². The Labute approximate surface area is 142 Å². The first-order chi connectivity index (χ1) is 11.4. The standard InChI is InChI=1S/C18H28O6/c1-3-6-15(17(22)18(23)16(21)14(20)10-19)24-11-13-8-5-7-12(4-2)9-13/h3,5,7-9,14-23H,1,4,6,10-11H2,2H3. The van der Waals surface area contributed by atoms with E-state index in [1.165, 1.54) is 11.6 Å². The second kappa shape index (κ2) is 10.6. The molecule has 0 aliphatic heterocycles. The Bertz CT molecular complexity index is 492.